The van der Waals surface area contributed by atoms with Gasteiger partial charge in [-0.05, 0) is 24.3 Å². The van der Waals surface area contributed by atoms with Crippen LogP contribution in [0.25, 0.3) is 0 Å². The number of nitrogens with two attached hydrogens (primary N) is 1. The Labute approximate surface area is 120 Å². The molecule has 2 rings (SSSR count). The molecule has 0 fully saturated rings. The largest absolute Gasteiger partial charge is 0.321 e. The van der Waals surface area contributed by atoms with E-state index in [0.29, 0.717) is 0 Å². The summed E-state index contributed by atoms with van der Waals surface area (Å²) in [6.45, 7) is 0. The van der Waals surface area contributed by atoms with Gasteiger partial charge in [-0.1, -0.05) is 6.07 Å². The number of hydrogen-bond acceptors (Lipinski definition) is 6. The number of nitriles is 1. The first kappa shape index (κ1) is 14.7. The molecular weight excluding hydrogens is 297 g/mol. The van der Waals surface area contributed by atoms with Crippen molar-refractivity contribution in [3.63, 3.8) is 0 Å². The molecule has 4 N–H and O–H groups in total. The lowest BCUT2D eigenvalue weighted by atomic mass is 10.2. The number of hydrogen-bond donors (Lipinski definition) is 3. The molecule has 0 aliphatic carbocycles. The summed E-state index contributed by atoms with van der Waals surface area (Å²) < 4.78 is 40.1. The maximum Gasteiger partial charge on any atom is 0.281 e. The number of pyridine rings is 1. The van der Waals surface area contributed by atoms with Crippen LogP contribution in [0.2, 0.25) is 0 Å². The summed E-state index contributed by atoms with van der Waals surface area (Å²) in [6.07, 6.45) is 1.27. The molecule has 0 saturated heterocycles. The Bertz CT molecular complexity index is 817. The molecule has 0 aliphatic heterocycles. The van der Waals surface area contributed by atoms with Gasteiger partial charge < -0.3 is 5.43 Å². The van der Waals surface area contributed by atoms with E-state index in [1.54, 1.807) is 6.07 Å². The van der Waals surface area contributed by atoms with E-state index < -0.39 is 21.4 Å². The zero-order chi connectivity index (χ0) is 15.5. The maximum atomic E-state index is 13.5. The molecule has 9 heteroatoms. The van der Waals surface area contributed by atoms with E-state index in [4.69, 9.17) is 11.1 Å². The number of nitrogens with zero attached hydrogens (tertiary/aromatic N) is 2. The van der Waals surface area contributed by atoms with Gasteiger partial charge in [-0.2, -0.15) is 13.7 Å². The first-order valence-corrected chi connectivity index (χ1v) is 7.11. The molecule has 0 radical (unpaired) electrons. The first-order chi connectivity index (χ1) is 9.99. The second-order valence-corrected chi connectivity index (χ2v) is 5.48. The highest BCUT2D eigenvalue weighted by Gasteiger charge is 2.22. The highest BCUT2D eigenvalue weighted by atomic mass is 32.2. The van der Waals surface area contributed by atoms with Crippen LogP contribution in [0.3, 0.4) is 0 Å². The number of sulfonamides is 1. The van der Waals surface area contributed by atoms with E-state index in [9.17, 15) is 12.8 Å². The molecular formula is C12H10FN5O2S. The van der Waals surface area contributed by atoms with E-state index in [1.807, 2.05) is 0 Å². The Hall–Kier alpha value is -2.70. The predicted octanol–water partition coefficient (Wildman–Crippen LogP) is 1.18. The molecule has 0 amide bonds. The summed E-state index contributed by atoms with van der Waals surface area (Å²) >= 11 is 0. The molecule has 1 heterocycles. The van der Waals surface area contributed by atoms with Gasteiger partial charge in [-0.3, -0.25) is 10.6 Å². The Morgan fingerprint density at radius 1 is 1.24 bits per heavy atom. The van der Waals surface area contributed by atoms with Crippen molar-refractivity contribution in [1.29, 1.82) is 5.26 Å². The lowest BCUT2D eigenvalue weighted by Gasteiger charge is -2.11. The molecule has 21 heavy (non-hydrogen) atoms. The Morgan fingerprint density at radius 3 is 2.62 bits per heavy atom. The van der Waals surface area contributed by atoms with E-state index >= 15 is 0 Å². The lowest BCUT2D eigenvalue weighted by Crippen LogP contribution is -2.19. The minimum atomic E-state index is -4.13. The molecule has 0 spiro atoms. The van der Waals surface area contributed by atoms with E-state index in [0.717, 1.165) is 6.07 Å². The molecule has 0 aliphatic rings. The van der Waals surface area contributed by atoms with Crippen LogP contribution in [0, 0.1) is 17.1 Å². The summed E-state index contributed by atoms with van der Waals surface area (Å²) in [5.41, 5.74) is 1.70. The van der Waals surface area contributed by atoms with Crippen LogP contribution < -0.4 is 16.0 Å². The first-order valence-electron chi connectivity index (χ1n) is 5.62. The topological polar surface area (TPSA) is 121 Å². The third-order valence-electron chi connectivity index (χ3n) is 2.55. The molecule has 0 unspecified atom stereocenters. The Balaban J connectivity index is 2.48. The summed E-state index contributed by atoms with van der Waals surface area (Å²) in [4.78, 5) is 3.73. The molecule has 1 aromatic heterocycles. The van der Waals surface area contributed by atoms with Crippen LogP contribution in [0.1, 0.15) is 5.56 Å². The fourth-order valence-electron chi connectivity index (χ4n) is 1.63. The van der Waals surface area contributed by atoms with Gasteiger partial charge in [0.25, 0.3) is 10.0 Å². The average molecular weight is 307 g/mol. The molecule has 7 nitrogen and oxygen atoms in total. The molecule has 0 atom stereocenters. The van der Waals surface area contributed by atoms with Gasteiger partial charge in [-0.15, -0.1) is 0 Å². The zero-order valence-electron chi connectivity index (χ0n) is 10.5. The highest BCUT2D eigenvalue weighted by Crippen LogP contribution is 2.23. The number of nitrogen functional groups attached to an aromatic ring is 1. The van der Waals surface area contributed by atoms with E-state index in [1.165, 1.54) is 30.5 Å². The number of nitrogens with one attached hydrogen (secondary N) is 2. The van der Waals surface area contributed by atoms with Crippen LogP contribution >= 0.6 is 0 Å². The fraction of sp³-hybridized carbons (Fsp3) is 0. The van der Waals surface area contributed by atoms with Crippen molar-refractivity contribution in [2.24, 2.45) is 5.84 Å². The number of benzene rings is 1. The third kappa shape index (κ3) is 2.91. The summed E-state index contributed by atoms with van der Waals surface area (Å²) in [5, 5.41) is 8.53. The summed E-state index contributed by atoms with van der Waals surface area (Å²) in [6, 6.07) is 8.14. The van der Waals surface area contributed by atoms with Crippen molar-refractivity contribution in [1.82, 2.24) is 4.98 Å². The summed E-state index contributed by atoms with van der Waals surface area (Å²) in [5.74, 6) is 4.40. The normalized spacial score (nSPS) is 10.7. The van der Waals surface area contributed by atoms with Crippen molar-refractivity contribution in [2.45, 2.75) is 5.03 Å². The monoisotopic (exact) mass is 307 g/mol. The quantitative estimate of drug-likeness (QED) is 0.576. The van der Waals surface area contributed by atoms with Crippen LogP contribution in [0.5, 0.6) is 0 Å². The van der Waals surface area contributed by atoms with Crippen LogP contribution in [-0.4, -0.2) is 13.4 Å². The van der Waals surface area contributed by atoms with Crippen molar-refractivity contribution in [2.75, 3.05) is 10.1 Å². The Kier molecular flexibility index (Phi) is 4.02. The average Bonchev–Trinajstić information content (AvgIpc) is 2.47. The molecule has 1 aromatic carbocycles. The van der Waals surface area contributed by atoms with Gasteiger partial charge in [0.1, 0.15) is 17.4 Å². The Morgan fingerprint density at radius 2 is 1.95 bits per heavy atom. The minimum Gasteiger partial charge on any atom is -0.321 e. The van der Waals surface area contributed by atoms with Gasteiger partial charge in [0.2, 0.25) is 5.03 Å². The van der Waals surface area contributed by atoms with Crippen molar-refractivity contribution < 1.29 is 12.8 Å². The number of aromatic nitrogens is 1. The molecule has 2 aromatic rings. The fourth-order valence-corrected chi connectivity index (χ4v) is 2.80. The van der Waals surface area contributed by atoms with Crippen molar-refractivity contribution in [3.8, 4) is 6.07 Å². The number of halogens is 1. The third-order valence-corrected chi connectivity index (χ3v) is 3.87. The van der Waals surface area contributed by atoms with Crippen molar-refractivity contribution >= 4 is 21.4 Å². The smallest absolute Gasteiger partial charge is 0.281 e. The van der Waals surface area contributed by atoms with Crippen LogP contribution in [-0.2, 0) is 10.0 Å². The zero-order valence-corrected chi connectivity index (χ0v) is 11.4. The van der Waals surface area contributed by atoms with Crippen molar-refractivity contribution in [3.05, 3.63) is 47.9 Å². The number of anilines is 2. The number of hydrazine groups is 1. The maximum absolute atomic E-state index is 13.5. The molecule has 0 saturated carbocycles. The van der Waals surface area contributed by atoms with Gasteiger partial charge in [0, 0.05) is 6.20 Å². The SMILES string of the molecule is N#Cc1c(F)cccc1NS(=O)(=O)c1ncccc1NN. The minimum absolute atomic E-state index is 0.0694. The molecule has 0 bridgehead atoms. The second-order valence-electron chi connectivity index (χ2n) is 3.88. The van der Waals surface area contributed by atoms with Crippen LogP contribution in [0.4, 0.5) is 15.8 Å². The van der Waals surface area contributed by atoms with E-state index in [-0.39, 0.29) is 16.4 Å². The van der Waals surface area contributed by atoms with Gasteiger partial charge in [-0.25, -0.2) is 9.37 Å². The van der Waals surface area contributed by atoms with Crippen LogP contribution in [0.15, 0.2) is 41.6 Å². The van der Waals surface area contributed by atoms with Gasteiger partial charge in [0.05, 0.1) is 11.4 Å². The van der Waals surface area contributed by atoms with E-state index in [2.05, 4.69) is 15.1 Å². The predicted molar refractivity (Wildman–Crippen MR) is 74.0 cm³/mol. The molecule has 108 valence electrons. The van der Waals surface area contributed by atoms with Gasteiger partial charge >= 0.3 is 0 Å². The standard InChI is InChI=1S/C12H10FN5O2S/c13-9-3-1-4-10(8(9)7-14)18-21(19,20)12-11(17-15)5-2-6-16-12/h1-6,17-18H,15H2. The number of rotatable bonds is 4. The van der Waals surface area contributed by atoms with Gasteiger partial charge in [0.15, 0.2) is 0 Å². The lowest BCUT2D eigenvalue weighted by molar-refractivity contribution is 0.597. The summed E-state index contributed by atoms with van der Waals surface area (Å²) in [7, 11) is -4.13. The highest BCUT2D eigenvalue weighted by molar-refractivity contribution is 7.92. The second kappa shape index (κ2) is 5.74.